The summed E-state index contributed by atoms with van der Waals surface area (Å²) in [7, 11) is 0. The molecule has 2 rings (SSSR count). The average Bonchev–Trinajstić information content (AvgIpc) is 3.10. The summed E-state index contributed by atoms with van der Waals surface area (Å²) in [6.07, 6.45) is -10.5. The third kappa shape index (κ3) is 5.01. The first-order chi connectivity index (χ1) is 12.5. The highest BCUT2D eigenvalue weighted by atomic mass is 32.1. The predicted octanol–water partition coefficient (Wildman–Crippen LogP) is 5.82. The molecular weight excluding hydrogens is 391 g/mol. The van der Waals surface area contributed by atoms with Crippen molar-refractivity contribution >= 4 is 22.7 Å². The number of benzene rings is 1. The van der Waals surface area contributed by atoms with Crippen molar-refractivity contribution in [2.24, 2.45) is 4.99 Å². The maximum atomic E-state index is 13.1. The molecule has 0 spiro atoms. The van der Waals surface area contributed by atoms with E-state index in [1.807, 2.05) is 0 Å². The molecule has 0 aliphatic heterocycles. The number of aromatic nitrogens is 1. The van der Waals surface area contributed by atoms with Crippen LogP contribution in [0.4, 0.5) is 27.6 Å². The number of hydrogen-bond acceptors (Lipinski definition) is 5. The molecule has 0 aliphatic rings. The summed E-state index contributed by atoms with van der Waals surface area (Å²) < 4.78 is 69.1. The van der Waals surface area contributed by atoms with Gasteiger partial charge in [-0.25, -0.2) is 13.8 Å². The van der Waals surface area contributed by atoms with Gasteiger partial charge >= 0.3 is 6.36 Å². The molecule has 1 heterocycles. The van der Waals surface area contributed by atoms with E-state index in [-0.39, 0.29) is 11.3 Å². The number of alkyl halides is 5. The zero-order valence-corrected chi connectivity index (χ0v) is 15.5. The van der Waals surface area contributed by atoms with Crippen LogP contribution in [0, 0.1) is 6.92 Å². The fraction of sp³-hybridized carbons (Fsp3) is 0.412. The summed E-state index contributed by atoms with van der Waals surface area (Å²) in [5.41, 5.74) is 1.97. The first-order valence-corrected chi connectivity index (χ1v) is 8.81. The van der Waals surface area contributed by atoms with Crippen LogP contribution in [0.25, 0.3) is 11.3 Å². The Morgan fingerprint density at radius 3 is 2.52 bits per heavy atom. The number of rotatable bonds is 6. The molecule has 0 bridgehead atoms. The fourth-order valence-corrected chi connectivity index (χ4v) is 2.91. The van der Waals surface area contributed by atoms with Crippen molar-refractivity contribution in [1.29, 1.82) is 0 Å². The van der Waals surface area contributed by atoms with Crippen LogP contribution in [0.1, 0.15) is 37.5 Å². The second-order valence-electron chi connectivity index (χ2n) is 5.72. The molecule has 1 atom stereocenters. The Kier molecular flexibility index (Phi) is 6.53. The minimum Gasteiger partial charge on any atom is -0.403 e. The van der Waals surface area contributed by atoms with E-state index in [0.717, 1.165) is 6.07 Å². The number of aliphatic hydroxyl groups excluding tert-OH is 1. The van der Waals surface area contributed by atoms with Gasteiger partial charge in [0.2, 0.25) is 0 Å². The van der Waals surface area contributed by atoms with E-state index in [0.29, 0.717) is 23.4 Å². The van der Waals surface area contributed by atoms with E-state index in [1.165, 1.54) is 23.8 Å². The molecule has 1 aromatic carbocycles. The van der Waals surface area contributed by atoms with Crippen LogP contribution in [0.2, 0.25) is 0 Å². The lowest BCUT2D eigenvalue weighted by atomic mass is 9.96. The Labute approximate surface area is 156 Å². The van der Waals surface area contributed by atoms with Crippen LogP contribution < -0.4 is 4.74 Å². The molecule has 0 saturated heterocycles. The van der Waals surface area contributed by atoms with Gasteiger partial charge in [-0.1, -0.05) is 6.92 Å². The van der Waals surface area contributed by atoms with Crippen LogP contribution in [0.3, 0.4) is 0 Å². The maximum Gasteiger partial charge on any atom is 0.573 e. The highest BCUT2D eigenvalue weighted by Gasteiger charge is 2.37. The number of ether oxygens (including phenoxy) is 1. The van der Waals surface area contributed by atoms with E-state index in [2.05, 4.69) is 14.7 Å². The number of nitrogens with zero attached hydrogens (tertiary/aromatic N) is 2. The number of thiazole rings is 1. The topological polar surface area (TPSA) is 54.7 Å². The molecule has 1 unspecified atom stereocenters. The number of aliphatic hydroxyl groups is 1. The van der Waals surface area contributed by atoms with Gasteiger partial charge in [0.05, 0.1) is 11.2 Å². The normalized spacial score (nSPS) is 13.9. The molecule has 27 heavy (non-hydrogen) atoms. The third-order valence-corrected chi connectivity index (χ3v) is 4.42. The van der Waals surface area contributed by atoms with Gasteiger partial charge in [-0.05, 0) is 31.9 Å². The summed E-state index contributed by atoms with van der Waals surface area (Å²) in [6, 6.07) is 1.04. The Morgan fingerprint density at radius 1 is 1.37 bits per heavy atom. The highest BCUT2D eigenvalue weighted by Crippen LogP contribution is 2.46. The van der Waals surface area contributed by atoms with Gasteiger partial charge in [-0.2, -0.15) is 0 Å². The van der Waals surface area contributed by atoms with Gasteiger partial charge in [-0.15, -0.1) is 24.5 Å². The van der Waals surface area contributed by atoms with Crippen LogP contribution in [0.15, 0.2) is 21.9 Å². The molecule has 1 N–H and O–H groups in total. The summed E-state index contributed by atoms with van der Waals surface area (Å²) >= 11 is 1.23. The Balaban J connectivity index is 2.86. The summed E-state index contributed by atoms with van der Waals surface area (Å²) in [4.78, 5) is 8.22. The lowest BCUT2D eigenvalue weighted by Crippen LogP contribution is -2.20. The lowest BCUT2D eigenvalue weighted by Gasteiger charge is -2.22. The molecule has 148 valence electrons. The standard InChI is InChI=1S/C17H17F5N2O2S/c1-4-8(2)24-13-9(3)10(12-6-27-7-23-12)5-11(14(25)16(18)19)15(13)26-17(20,21)22/h5-7,14,16,25H,4H2,1-3H3/b24-8-. The molecule has 4 nitrogen and oxygen atoms in total. The van der Waals surface area contributed by atoms with Gasteiger partial charge < -0.3 is 9.84 Å². The van der Waals surface area contributed by atoms with Crippen molar-refractivity contribution in [3.05, 3.63) is 28.1 Å². The second-order valence-corrected chi connectivity index (χ2v) is 6.44. The van der Waals surface area contributed by atoms with Gasteiger partial charge in [0.15, 0.2) is 5.75 Å². The zero-order valence-electron chi connectivity index (χ0n) is 14.6. The molecule has 2 aromatic rings. The number of halogens is 5. The smallest absolute Gasteiger partial charge is 0.403 e. The first-order valence-electron chi connectivity index (χ1n) is 7.87. The van der Waals surface area contributed by atoms with Crippen LogP contribution >= 0.6 is 11.3 Å². The Bertz CT molecular complexity index is 820. The fourth-order valence-electron chi connectivity index (χ4n) is 2.36. The molecule has 0 amide bonds. The first kappa shape index (κ1) is 21.2. The van der Waals surface area contributed by atoms with Crippen molar-refractivity contribution in [1.82, 2.24) is 4.98 Å². The molecule has 10 heteroatoms. The molecule has 0 radical (unpaired) electrons. The average molecular weight is 408 g/mol. The molecule has 0 saturated carbocycles. The Hall–Kier alpha value is -2.07. The minimum absolute atomic E-state index is 0.258. The van der Waals surface area contributed by atoms with E-state index >= 15 is 0 Å². The van der Waals surface area contributed by atoms with Crippen molar-refractivity contribution in [2.45, 2.75) is 46.1 Å². The minimum atomic E-state index is -5.14. The monoisotopic (exact) mass is 408 g/mol. The van der Waals surface area contributed by atoms with Gasteiger partial charge in [0, 0.05) is 22.2 Å². The van der Waals surface area contributed by atoms with E-state index in [9.17, 15) is 27.1 Å². The number of hydrogen-bond donors (Lipinski definition) is 1. The predicted molar refractivity (Wildman–Crippen MR) is 93.0 cm³/mol. The maximum absolute atomic E-state index is 13.1. The molecular formula is C17H17F5N2O2S. The molecule has 0 fully saturated rings. The van der Waals surface area contributed by atoms with Crippen LogP contribution in [-0.4, -0.2) is 28.6 Å². The second kappa shape index (κ2) is 8.30. The summed E-state index contributed by atoms with van der Waals surface area (Å²) in [5.74, 6) is -0.931. The van der Waals surface area contributed by atoms with Crippen molar-refractivity contribution < 1.29 is 31.8 Å². The van der Waals surface area contributed by atoms with Crippen LogP contribution in [-0.2, 0) is 0 Å². The largest absolute Gasteiger partial charge is 0.573 e. The molecule has 1 aromatic heterocycles. The van der Waals surface area contributed by atoms with E-state index in [1.54, 1.807) is 19.2 Å². The number of aliphatic imine (C=N–C) groups is 1. The van der Waals surface area contributed by atoms with E-state index in [4.69, 9.17) is 0 Å². The van der Waals surface area contributed by atoms with Gasteiger partial charge in [-0.3, -0.25) is 4.99 Å². The lowest BCUT2D eigenvalue weighted by molar-refractivity contribution is -0.275. The summed E-state index contributed by atoms with van der Waals surface area (Å²) in [5, 5.41) is 11.5. The molecule has 0 aliphatic carbocycles. The van der Waals surface area contributed by atoms with E-state index < -0.39 is 30.2 Å². The zero-order chi connectivity index (χ0) is 20.4. The van der Waals surface area contributed by atoms with Crippen molar-refractivity contribution in [2.75, 3.05) is 0 Å². The van der Waals surface area contributed by atoms with Crippen molar-refractivity contribution in [3.63, 3.8) is 0 Å². The van der Waals surface area contributed by atoms with Crippen molar-refractivity contribution in [3.8, 4) is 17.0 Å². The highest BCUT2D eigenvalue weighted by molar-refractivity contribution is 7.07. The van der Waals surface area contributed by atoms with Crippen LogP contribution in [0.5, 0.6) is 5.75 Å². The van der Waals surface area contributed by atoms with Gasteiger partial charge in [0.1, 0.15) is 11.8 Å². The third-order valence-electron chi connectivity index (χ3n) is 3.83. The SMILES string of the molecule is CC/C(C)=N\c1c(C)c(-c2cscn2)cc(C(O)C(F)F)c1OC(F)(F)F. The Morgan fingerprint density at radius 2 is 2.04 bits per heavy atom. The summed E-state index contributed by atoms with van der Waals surface area (Å²) in [6.45, 7) is 4.84. The quantitative estimate of drug-likeness (QED) is 0.484. The van der Waals surface area contributed by atoms with Gasteiger partial charge in [0.25, 0.3) is 6.43 Å².